The molecule has 0 aromatic carbocycles. The molecule has 0 saturated carbocycles. The van der Waals surface area contributed by atoms with E-state index < -0.39 is 21.4 Å². The number of carbonyl (C=O) groups excluding carboxylic acids is 1. The van der Waals surface area contributed by atoms with E-state index in [1.54, 1.807) is 0 Å². The van der Waals surface area contributed by atoms with E-state index in [2.05, 4.69) is 0 Å². The summed E-state index contributed by atoms with van der Waals surface area (Å²) in [6, 6.07) is 0. The zero-order chi connectivity index (χ0) is 13.1. The number of primary sulfonamides is 1. The summed E-state index contributed by atoms with van der Waals surface area (Å²) >= 11 is 0. The van der Waals surface area contributed by atoms with Crippen LogP contribution < -0.4 is 5.14 Å². The SMILES string of the molecule is CC(C)COC(=O)N1CCCC(S(N)(=O)=O)C1. The molecule has 6 nitrogen and oxygen atoms in total. The number of ether oxygens (including phenoxy) is 1. The topological polar surface area (TPSA) is 89.7 Å². The molecule has 2 N–H and O–H groups in total. The largest absolute Gasteiger partial charge is 0.449 e. The van der Waals surface area contributed by atoms with Crippen LogP contribution in [0.3, 0.4) is 0 Å². The number of hydrogen-bond acceptors (Lipinski definition) is 4. The Hall–Kier alpha value is -0.820. The molecule has 1 saturated heterocycles. The molecule has 17 heavy (non-hydrogen) atoms. The molecule has 0 spiro atoms. The van der Waals surface area contributed by atoms with Gasteiger partial charge in [0, 0.05) is 13.1 Å². The lowest BCUT2D eigenvalue weighted by Gasteiger charge is -2.30. The summed E-state index contributed by atoms with van der Waals surface area (Å²) in [5.74, 6) is 0.262. The van der Waals surface area contributed by atoms with E-state index in [0.29, 0.717) is 26.0 Å². The highest BCUT2D eigenvalue weighted by Gasteiger charge is 2.31. The van der Waals surface area contributed by atoms with Crippen molar-refractivity contribution in [3.63, 3.8) is 0 Å². The van der Waals surface area contributed by atoms with Gasteiger partial charge >= 0.3 is 6.09 Å². The van der Waals surface area contributed by atoms with Gasteiger partial charge in [0.15, 0.2) is 0 Å². The monoisotopic (exact) mass is 264 g/mol. The van der Waals surface area contributed by atoms with E-state index in [0.717, 1.165) is 0 Å². The maximum atomic E-state index is 11.6. The Kier molecular flexibility index (Phi) is 4.76. The Bertz CT molecular complexity index is 367. The molecule has 0 bridgehead atoms. The van der Waals surface area contributed by atoms with Crippen molar-refractivity contribution < 1.29 is 17.9 Å². The van der Waals surface area contributed by atoms with Crippen molar-refractivity contribution >= 4 is 16.1 Å². The van der Waals surface area contributed by atoms with Crippen LogP contribution in [0.1, 0.15) is 26.7 Å². The Balaban J connectivity index is 2.52. The molecule has 0 aromatic heterocycles. The molecule has 1 heterocycles. The molecule has 1 amide bonds. The minimum Gasteiger partial charge on any atom is -0.449 e. The van der Waals surface area contributed by atoms with Crippen molar-refractivity contribution in [2.24, 2.45) is 11.1 Å². The van der Waals surface area contributed by atoms with Gasteiger partial charge in [0.05, 0.1) is 11.9 Å². The molecule has 7 heteroatoms. The Morgan fingerprint density at radius 3 is 2.71 bits per heavy atom. The standard InChI is InChI=1S/C10H20N2O4S/c1-8(2)7-16-10(13)12-5-3-4-9(6-12)17(11,14)15/h8-9H,3-7H2,1-2H3,(H2,11,14,15). The smallest absolute Gasteiger partial charge is 0.409 e. The number of hydrogen-bond donors (Lipinski definition) is 1. The second-order valence-corrected chi connectivity index (χ2v) is 6.61. The van der Waals surface area contributed by atoms with Crippen LogP contribution in [-0.2, 0) is 14.8 Å². The van der Waals surface area contributed by atoms with Gasteiger partial charge in [0.1, 0.15) is 0 Å². The van der Waals surface area contributed by atoms with Gasteiger partial charge in [-0.3, -0.25) is 0 Å². The highest BCUT2D eigenvalue weighted by Crippen LogP contribution is 2.16. The first-order chi connectivity index (χ1) is 7.80. The molecule has 0 aliphatic carbocycles. The van der Waals surface area contributed by atoms with Crippen molar-refractivity contribution in [3.8, 4) is 0 Å². The summed E-state index contributed by atoms with van der Waals surface area (Å²) in [5.41, 5.74) is 0. The lowest BCUT2D eigenvalue weighted by molar-refractivity contribution is 0.0862. The minimum absolute atomic E-state index is 0.135. The summed E-state index contributed by atoms with van der Waals surface area (Å²) in [4.78, 5) is 13.1. The van der Waals surface area contributed by atoms with Crippen molar-refractivity contribution in [1.82, 2.24) is 4.90 Å². The lowest BCUT2D eigenvalue weighted by Crippen LogP contribution is -2.47. The summed E-state index contributed by atoms with van der Waals surface area (Å²) in [7, 11) is -3.57. The Morgan fingerprint density at radius 1 is 1.53 bits per heavy atom. The van der Waals surface area contributed by atoms with E-state index >= 15 is 0 Å². The third-order valence-electron chi connectivity index (χ3n) is 2.64. The number of rotatable bonds is 3. The maximum absolute atomic E-state index is 11.6. The number of sulfonamides is 1. The predicted octanol–water partition coefficient (Wildman–Crippen LogP) is 0.532. The van der Waals surface area contributed by atoms with E-state index in [1.165, 1.54) is 4.90 Å². The fourth-order valence-electron chi connectivity index (χ4n) is 1.70. The fraction of sp³-hybridized carbons (Fsp3) is 0.900. The van der Waals surface area contributed by atoms with Crippen LogP contribution in [0.5, 0.6) is 0 Å². The highest BCUT2D eigenvalue weighted by molar-refractivity contribution is 7.89. The van der Waals surface area contributed by atoms with Crippen LogP contribution in [-0.4, -0.2) is 44.4 Å². The predicted molar refractivity (Wildman–Crippen MR) is 63.9 cm³/mol. The first-order valence-electron chi connectivity index (χ1n) is 5.74. The molecule has 100 valence electrons. The minimum atomic E-state index is -3.57. The van der Waals surface area contributed by atoms with Gasteiger partial charge in [0.25, 0.3) is 0 Å². The van der Waals surface area contributed by atoms with Gasteiger partial charge in [-0.1, -0.05) is 13.8 Å². The number of nitrogens with zero attached hydrogens (tertiary/aromatic N) is 1. The fourth-order valence-corrected chi connectivity index (χ4v) is 2.58. The molecule has 1 aliphatic rings. The normalized spacial score (nSPS) is 21.6. The molecule has 1 fully saturated rings. The summed E-state index contributed by atoms with van der Waals surface area (Å²) in [6.07, 6.45) is 0.692. The molecule has 0 aromatic rings. The van der Waals surface area contributed by atoms with Crippen molar-refractivity contribution in [2.75, 3.05) is 19.7 Å². The number of piperidine rings is 1. The summed E-state index contributed by atoms with van der Waals surface area (Å²) in [6.45, 7) is 4.89. The molecule has 1 unspecified atom stereocenters. The van der Waals surface area contributed by atoms with Crippen LogP contribution in [0.25, 0.3) is 0 Å². The zero-order valence-corrected chi connectivity index (χ0v) is 11.1. The second-order valence-electron chi connectivity index (χ2n) is 4.77. The zero-order valence-electron chi connectivity index (χ0n) is 10.3. The Labute approximate surface area is 102 Å². The van der Waals surface area contributed by atoms with E-state index in [9.17, 15) is 13.2 Å². The quantitative estimate of drug-likeness (QED) is 0.805. The summed E-state index contributed by atoms with van der Waals surface area (Å²) < 4.78 is 27.5. The van der Waals surface area contributed by atoms with Crippen LogP contribution in [0.15, 0.2) is 0 Å². The number of amides is 1. The second kappa shape index (κ2) is 5.68. The van der Waals surface area contributed by atoms with E-state index in [1.807, 2.05) is 13.8 Å². The van der Waals surface area contributed by atoms with Crippen molar-refractivity contribution in [1.29, 1.82) is 0 Å². The van der Waals surface area contributed by atoms with Crippen LogP contribution >= 0.6 is 0 Å². The first kappa shape index (κ1) is 14.2. The van der Waals surface area contributed by atoms with Gasteiger partial charge in [-0.15, -0.1) is 0 Å². The van der Waals surface area contributed by atoms with E-state index in [-0.39, 0.29) is 12.5 Å². The molecular formula is C10H20N2O4S. The molecule has 0 radical (unpaired) electrons. The average molecular weight is 264 g/mol. The first-order valence-corrected chi connectivity index (χ1v) is 7.35. The van der Waals surface area contributed by atoms with E-state index in [4.69, 9.17) is 9.88 Å². The average Bonchev–Trinajstić information content (AvgIpc) is 2.25. The van der Waals surface area contributed by atoms with Gasteiger partial charge in [-0.25, -0.2) is 18.4 Å². The maximum Gasteiger partial charge on any atom is 0.409 e. The van der Waals surface area contributed by atoms with Gasteiger partial charge in [-0.05, 0) is 18.8 Å². The number of carbonyl (C=O) groups is 1. The van der Waals surface area contributed by atoms with Crippen LogP contribution in [0, 0.1) is 5.92 Å². The van der Waals surface area contributed by atoms with Crippen molar-refractivity contribution in [3.05, 3.63) is 0 Å². The molecule has 1 aliphatic heterocycles. The number of likely N-dealkylation sites (tertiary alicyclic amines) is 1. The van der Waals surface area contributed by atoms with Gasteiger partial charge in [-0.2, -0.15) is 0 Å². The molecule has 1 rings (SSSR count). The highest BCUT2D eigenvalue weighted by atomic mass is 32.2. The lowest BCUT2D eigenvalue weighted by atomic mass is 10.1. The van der Waals surface area contributed by atoms with Crippen LogP contribution in [0.2, 0.25) is 0 Å². The van der Waals surface area contributed by atoms with Crippen LogP contribution in [0.4, 0.5) is 4.79 Å². The van der Waals surface area contributed by atoms with Gasteiger partial charge in [0.2, 0.25) is 10.0 Å². The number of nitrogens with two attached hydrogens (primary N) is 1. The summed E-state index contributed by atoms with van der Waals surface area (Å²) in [5, 5.41) is 4.42. The molecule has 1 atom stereocenters. The molecular weight excluding hydrogens is 244 g/mol. The van der Waals surface area contributed by atoms with Gasteiger partial charge < -0.3 is 9.64 Å². The Morgan fingerprint density at radius 2 is 2.18 bits per heavy atom. The van der Waals surface area contributed by atoms with Crippen molar-refractivity contribution in [2.45, 2.75) is 31.9 Å². The third kappa shape index (κ3) is 4.51. The third-order valence-corrected chi connectivity index (χ3v) is 3.96.